The third-order valence-corrected chi connectivity index (χ3v) is 5.30. The van der Waals surface area contributed by atoms with E-state index in [1.807, 2.05) is 30.3 Å². The topological polar surface area (TPSA) is 70.7 Å². The zero-order chi connectivity index (χ0) is 17.6. The highest BCUT2D eigenvalue weighted by Crippen LogP contribution is 2.34. The van der Waals surface area contributed by atoms with Crippen LogP contribution in [0.1, 0.15) is 37.7 Å². The second-order valence-electron chi connectivity index (χ2n) is 7.02. The molecule has 6 nitrogen and oxygen atoms in total. The van der Waals surface area contributed by atoms with Crippen molar-refractivity contribution in [2.24, 2.45) is 0 Å². The highest BCUT2D eigenvalue weighted by atomic mass is 16.5. The summed E-state index contributed by atoms with van der Waals surface area (Å²) in [6.07, 6.45) is 4.33. The Labute approximate surface area is 148 Å². The third kappa shape index (κ3) is 4.95. The molecular weight excluding hydrogens is 318 g/mol. The summed E-state index contributed by atoms with van der Waals surface area (Å²) in [5.74, 6) is -0.00249. The summed E-state index contributed by atoms with van der Waals surface area (Å²) in [6.45, 7) is 0.524. The van der Waals surface area contributed by atoms with Gasteiger partial charge in [-0.25, -0.2) is 4.79 Å². The van der Waals surface area contributed by atoms with Crippen molar-refractivity contribution in [1.82, 2.24) is 15.5 Å². The van der Waals surface area contributed by atoms with Gasteiger partial charge in [-0.05, 0) is 38.3 Å². The molecule has 0 saturated carbocycles. The Hall–Kier alpha value is -2.08. The van der Waals surface area contributed by atoms with Crippen LogP contribution < -0.4 is 10.6 Å². The van der Waals surface area contributed by atoms with E-state index >= 15 is 0 Å². The fraction of sp³-hybridized carbons (Fsp3) is 0.579. The number of piperidine rings is 1. The molecule has 25 heavy (non-hydrogen) atoms. The van der Waals surface area contributed by atoms with Crippen molar-refractivity contribution < 1.29 is 14.3 Å². The van der Waals surface area contributed by atoms with Gasteiger partial charge in [0.1, 0.15) is 6.61 Å². The van der Waals surface area contributed by atoms with Crippen molar-refractivity contribution in [3.63, 3.8) is 0 Å². The first-order chi connectivity index (χ1) is 12.1. The molecule has 2 unspecified atom stereocenters. The van der Waals surface area contributed by atoms with Gasteiger partial charge in [0.2, 0.25) is 5.91 Å². The molecule has 2 heterocycles. The summed E-state index contributed by atoms with van der Waals surface area (Å²) >= 11 is 0. The van der Waals surface area contributed by atoms with E-state index in [1.165, 1.54) is 12.8 Å². The fourth-order valence-corrected chi connectivity index (χ4v) is 3.88. The Morgan fingerprint density at radius 2 is 1.84 bits per heavy atom. The molecule has 2 atom stereocenters. The molecular formula is C19H27N3O3. The van der Waals surface area contributed by atoms with Crippen LogP contribution in [0.25, 0.3) is 0 Å². The first-order valence-electron chi connectivity index (χ1n) is 9.07. The van der Waals surface area contributed by atoms with Gasteiger partial charge in [0.05, 0.1) is 0 Å². The second kappa shape index (κ2) is 8.34. The number of ether oxygens (including phenoxy) is 1. The average molecular weight is 345 g/mol. The van der Waals surface area contributed by atoms with Crippen LogP contribution in [0.15, 0.2) is 30.3 Å². The molecule has 3 rings (SSSR count). The van der Waals surface area contributed by atoms with Crippen molar-refractivity contribution >= 4 is 12.0 Å². The van der Waals surface area contributed by atoms with Crippen LogP contribution in [-0.4, -0.2) is 48.6 Å². The zero-order valence-corrected chi connectivity index (χ0v) is 14.7. The Bertz CT molecular complexity index is 579. The van der Waals surface area contributed by atoms with Crippen LogP contribution in [0.3, 0.4) is 0 Å². The molecule has 2 fully saturated rings. The molecule has 6 heteroatoms. The highest BCUT2D eigenvalue weighted by molar-refractivity contribution is 5.77. The lowest BCUT2D eigenvalue weighted by atomic mass is 9.98. The van der Waals surface area contributed by atoms with Crippen molar-refractivity contribution in [2.45, 2.75) is 56.8 Å². The molecule has 1 aromatic rings. The zero-order valence-electron chi connectivity index (χ0n) is 14.7. The number of benzene rings is 1. The molecule has 2 saturated heterocycles. The first-order valence-corrected chi connectivity index (χ1v) is 9.07. The third-order valence-electron chi connectivity index (χ3n) is 5.30. The van der Waals surface area contributed by atoms with Crippen molar-refractivity contribution in [3.8, 4) is 0 Å². The van der Waals surface area contributed by atoms with Crippen LogP contribution in [0.2, 0.25) is 0 Å². The predicted molar refractivity (Wildman–Crippen MR) is 95.0 cm³/mol. The van der Waals surface area contributed by atoms with E-state index in [0.29, 0.717) is 18.6 Å². The van der Waals surface area contributed by atoms with E-state index < -0.39 is 6.09 Å². The molecule has 0 aliphatic carbocycles. The minimum atomic E-state index is -0.492. The van der Waals surface area contributed by atoms with Crippen LogP contribution in [-0.2, 0) is 16.1 Å². The molecule has 0 radical (unpaired) electrons. The Kier molecular flexibility index (Phi) is 5.91. The van der Waals surface area contributed by atoms with Gasteiger partial charge in [-0.1, -0.05) is 30.3 Å². The van der Waals surface area contributed by atoms with Crippen molar-refractivity contribution in [1.29, 1.82) is 0 Å². The SMILES string of the molecule is CN1C2CCC1CC(NC(=O)CCNC(=O)OCc1ccccc1)C2. The van der Waals surface area contributed by atoms with Gasteiger partial charge in [0, 0.05) is 31.1 Å². The normalized spacial score (nSPS) is 25.4. The number of nitrogens with one attached hydrogen (secondary N) is 2. The molecule has 2 bridgehead atoms. The maximum absolute atomic E-state index is 12.1. The van der Waals surface area contributed by atoms with Gasteiger partial charge in [0.25, 0.3) is 0 Å². The summed E-state index contributed by atoms with van der Waals surface area (Å²) in [5, 5.41) is 5.74. The van der Waals surface area contributed by atoms with Crippen LogP contribution >= 0.6 is 0 Å². The van der Waals surface area contributed by atoms with Crippen molar-refractivity contribution in [2.75, 3.05) is 13.6 Å². The van der Waals surface area contributed by atoms with Gasteiger partial charge in [-0.3, -0.25) is 4.79 Å². The lowest BCUT2D eigenvalue weighted by Crippen LogP contribution is -2.49. The summed E-state index contributed by atoms with van der Waals surface area (Å²) in [7, 11) is 2.19. The summed E-state index contributed by atoms with van der Waals surface area (Å²) < 4.78 is 5.12. The lowest BCUT2D eigenvalue weighted by Gasteiger charge is -2.36. The highest BCUT2D eigenvalue weighted by Gasteiger charge is 2.38. The molecule has 2 amide bonds. The molecule has 2 aliphatic rings. The van der Waals surface area contributed by atoms with Gasteiger partial charge in [-0.15, -0.1) is 0 Å². The van der Waals surface area contributed by atoms with Gasteiger partial charge < -0.3 is 20.3 Å². The fourth-order valence-electron chi connectivity index (χ4n) is 3.88. The molecule has 0 spiro atoms. The second-order valence-corrected chi connectivity index (χ2v) is 7.02. The number of nitrogens with zero attached hydrogens (tertiary/aromatic N) is 1. The maximum atomic E-state index is 12.1. The molecule has 0 aromatic heterocycles. The van der Waals surface area contributed by atoms with E-state index in [-0.39, 0.29) is 25.0 Å². The van der Waals surface area contributed by atoms with E-state index in [4.69, 9.17) is 4.74 Å². The molecule has 1 aromatic carbocycles. The monoisotopic (exact) mass is 345 g/mol. The Balaban J connectivity index is 1.29. The molecule has 2 N–H and O–H groups in total. The number of amides is 2. The van der Waals surface area contributed by atoms with Crippen LogP contribution in [0.5, 0.6) is 0 Å². The molecule has 136 valence electrons. The quantitative estimate of drug-likeness (QED) is 0.828. The Morgan fingerprint density at radius 1 is 1.16 bits per heavy atom. The number of hydrogen-bond donors (Lipinski definition) is 2. The van der Waals surface area contributed by atoms with E-state index in [1.54, 1.807) is 0 Å². The van der Waals surface area contributed by atoms with Crippen LogP contribution in [0.4, 0.5) is 4.79 Å². The smallest absolute Gasteiger partial charge is 0.407 e. The van der Waals surface area contributed by atoms with E-state index in [2.05, 4.69) is 22.6 Å². The number of hydrogen-bond acceptors (Lipinski definition) is 4. The van der Waals surface area contributed by atoms with E-state index in [0.717, 1.165) is 18.4 Å². The van der Waals surface area contributed by atoms with Gasteiger partial charge >= 0.3 is 6.09 Å². The van der Waals surface area contributed by atoms with Crippen LogP contribution in [0, 0.1) is 0 Å². The summed E-state index contributed by atoms with van der Waals surface area (Å²) in [4.78, 5) is 26.2. The van der Waals surface area contributed by atoms with E-state index in [9.17, 15) is 9.59 Å². The number of carbonyl (C=O) groups is 2. The summed E-state index contributed by atoms with van der Waals surface area (Å²) in [5.41, 5.74) is 0.937. The first kappa shape index (κ1) is 17.7. The average Bonchev–Trinajstić information content (AvgIpc) is 2.82. The standard InChI is InChI=1S/C19H27N3O3/c1-22-16-7-8-17(22)12-15(11-16)21-18(23)9-10-20-19(24)25-13-14-5-3-2-4-6-14/h2-6,15-17H,7-13H2,1H3,(H,20,24)(H,21,23). The van der Waals surface area contributed by atoms with Crippen molar-refractivity contribution in [3.05, 3.63) is 35.9 Å². The largest absolute Gasteiger partial charge is 0.445 e. The number of alkyl carbamates (subject to hydrolysis) is 1. The summed E-state index contributed by atoms with van der Waals surface area (Å²) in [6, 6.07) is 11.0. The number of fused-ring (bicyclic) bond motifs is 2. The minimum absolute atomic E-state index is 0.00249. The minimum Gasteiger partial charge on any atom is -0.445 e. The maximum Gasteiger partial charge on any atom is 0.407 e. The number of carbonyl (C=O) groups excluding carboxylic acids is 2. The lowest BCUT2D eigenvalue weighted by molar-refractivity contribution is -0.122. The van der Waals surface area contributed by atoms with Gasteiger partial charge in [0.15, 0.2) is 0 Å². The molecule has 2 aliphatic heterocycles. The van der Waals surface area contributed by atoms with Gasteiger partial charge in [-0.2, -0.15) is 0 Å². The number of rotatable bonds is 6. The Morgan fingerprint density at radius 3 is 2.52 bits per heavy atom. The predicted octanol–water partition coefficient (Wildman–Crippen LogP) is 2.04.